The summed E-state index contributed by atoms with van der Waals surface area (Å²) in [5.41, 5.74) is 3.87. The first-order chi connectivity index (χ1) is 10.2. The van der Waals surface area contributed by atoms with Gasteiger partial charge >= 0.3 is 0 Å². The van der Waals surface area contributed by atoms with Gasteiger partial charge in [-0.1, -0.05) is 13.0 Å². The molecule has 1 aliphatic rings. The van der Waals surface area contributed by atoms with Crippen molar-refractivity contribution in [2.45, 2.75) is 52.2 Å². The van der Waals surface area contributed by atoms with Crippen LogP contribution in [0.2, 0.25) is 0 Å². The third-order valence-electron chi connectivity index (χ3n) is 3.91. The summed E-state index contributed by atoms with van der Waals surface area (Å²) in [7, 11) is 0. The maximum absolute atomic E-state index is 13.9. The van der Waals surface area contributed by atoms with Gasteiger partial charge in [0.1, 0.15) is 5.82 Å². The van der Waals surface area contributed by atoms with Gasteiger partial charge in [-0.25, -0.2) is 4.39 Å². The number of nitrogens with zero attached hydrogens (tertiary/aromatic N) is 2. The molecule has 0 unspecified atom stereocenters. The van der Waals surface area contributed by atoms with Gasteiger partial charge in [-0.15, -0.1) is 0 Å². The molecule has 0 spiro atoms. The minimum absolute atomic E-state index is 0.134. The number of nitrogens with one attached hydrogen (secondary N) is 1. The van der Waals surface area contributed by atoms with Crippen LogP contribution in [0.1, 0.15) is 37.4 Å². The summed E-state index contributed by atoms with van der Waals surface area (Å²) in [5, 5.41) is 7.89. The van der Waals surface area contributed by atoms with E-state index >= 15 is 0 Å². The summed E-state index contributed by atoms with van der Waals surface area (Å²) in [4.78, 5) is 0. The molecule has 112 valence electrons. The first kappa shape index (κ1) is 14.3. The fourth-order valence-corrected chi connectivity index (χ4v) is 2.56. The van der Waals surface area contributed by atoms with Crippen molar-refractivity contribution in [1.82, 2.24) is 15.1 Å². The largest absolute Gasteiger partial charge is 0.310 e. The molecule has 1 fully saturated rings. The Morgan fingerprint density at radius 3 is 2.90 bits per heavy atom. The van der Waals surface area contributed by atoms with Crippen LogP contribution < -0.4 is 5.32 Å². The summed E-state index contributed by atoms with van der Waals surface area (Å²) < 4.78 is 15.9. The van der Waals surface area contributed by atoms with Crippen LogP contribution >= 0.6 is 0 Å². The molecule has 1 aliphatic carbocycles. The van der Waals surface area contributed by atoms with Gasteiger partial charge in [0.15, 0.2) is 0 Å². The van der Waals surface area contributed by atoms with Crippen molar-refractivity contribution in [1.29, 1.82) is 0 Å². The number of aromatic nitrogens is 2. The van der Waals surface area contributed by atoms with Gasteiger partial charge in [0.2, 0.25) is 0 Å². The highest BCUT2D eigenvalue weighted by molar-refractivity contribution is 5.65. The quantitative estimate of drug-likeness (QED) is 0.878. The van der Waals surface area contributed by atoms with Crippen LogP contribution in [0, 0.1) is 12.7 Å². The molecular formula is C17H22FN3. The Balaban J connectivity index is 1.85. The van der Waals surface area contributed by atoms with E-state index in [1.807, 2.05) is 23.7 Å². The molecule has 21 heavy (non-hydrogen) atoms. The second-order valence-corrected chi connectivity index (χ2v) is 5.85. The summed E-state index contributed by atoms with van der Waals surface area (Å²) in [5.74, 6) is -0.134. The highest BCUT2D eigenvalue weighted by atomic mass is 19.1. The van der Waals surface area contributed by atoms with Crippen molar-refractivity contribution >= 4 is 0 Å². The van der Waals surface area contributed by atoms with E-state index in [2.05, 4.69) is 23.5 Å². The molecule has 0 bridgehead atoms. The molecule has 0 atom stereocenters. The SMILES string of the molecule is CCCn1cc(-c2ccc(F)c(CNC3CC3)c2)c(C)n1. The second kappa shape index (κ2) is 5.98. The zero-order chi connectivity index (χ0) is 14.8. The highest BCUT2D eigenvalue weighted by Crippen LogP contribution is 2.26. The van der Waals surface area contributed by atoms with Gasteiger partial charge in [-0.05, 0) is 43.9 Å². The van der Waals surface area contributed by atoms with Crippen LogP contribution in [0.5, 0.6) is 0 Å². The van der Waals surface area contributed by atoms with Gasteiger partial charge in [0.25, 0.3) is 0 Å². The van der Waals surface area contributed by atoms with Gasteiger partial charge in [0, 0.05) is 36.5 Å². The minimum Gasteiger partial charge on any atom is -0.310 e. The normalized spacial score (nSPS) is 14.6. The van der Waals surface area contributed by atoms with E-state index in [9.17, 15) is 4.39 Å². The number of hydrogen-bond acceptors (Lipinski definition) is 2. The predicted octanol–water partition coefficient (Wildman–Crippen LogP) is 3.66. The molecule has 0 amide bonds. The van der Waals surface area contributed by atoms with E-state index in [0.717, 1.165) is 35.3 Å². The molecule has 1 aromatic carbocycles. The van der Waals surface area contributed by atoms with Crippen molar-refractivity contribution < 1.29 is 4.39 Å². The van der Waals surface area contributed by atoms with Crippen molar-refractivity contribution in [2.24, 2.45) is 0 Å². The highest BCUT2D eigenvalue weighted by Gasteiger charge is 2.20. The Labute approximate surface area is 125 Å². The van der Waals surface area contributed by atoms with Crippen molar-refractivity contribution in [2.75, 3.05) is 0 Å². The van der Waals surface area contributed by atoms with E-state index in [1.165, 1.54) is 12.8 Å². The molecule has 1 aromatic heterocycles. The smallest absolute Gasteiger partial charge is 0.127 e. The number of halogens is 1. The van der Waals surface area contributed by atoms with Crippen LogP contribution in [0.4, 0.5) is 4.39 Å². The fraction of sp³-hybridized carbons (Fsp3) is 0.471. The van der Waals surface area contributed by atoms with Crippen LogP contribution in [0.15, 0.2) is 24.4 Å². The Bertz CT molecular complexity index is 629. The van der Waals surface area contributed by atoms with Crippen LogP contribution in [-0.4, -0.2) is 15.8 Å². The fourth-order valence-electron chi connectivity index (χ4n) is 2.56. The lowest BCUT2D eigenvalue weighted by molar-refractivity contribution is 0.587. The van der Waals surface area contributed by atoms with Crippen molar-refractivity contribution in [3.05, 3.63) is 41.5 Å². The van der Waals surface area contributed by atoms with Crippen LogP contribution in [0.25, 0.3) is 11.1 Å². The molecule has 0 aliphatic heterocycles. The average Bonchev–Trinajstić information content (AvgIpc) is 3.22. The molecule has 1 N–H and O–H groups in total. The summed E-state index contributed by atoms with van der Waals surface area (Å²) >= 11 is 0. The molecule has 3 rings (SSSR count). The molecule has 0 saturated heterocycles. The van der Waals surface area contributed by atoms with Crippen LogP contribution in [0.3, 0.4) is 0 Å². The van der Waals surface area contributed by atoms with E-state index in [1.54, 1.807) is 6.07 Å². The zero-order valence-electron chi connectivity index (χ0n) is 12.7. The van der Waals surface area contributed by atoms with E-state index in [-0.39, 0.29) is 5.82 Å². The minimum atomic E-state index is -0.134. The number of rotatable bonds is 6. The average molecular weight is 287 g/mol. The van der Waals surface area contributed by atoms with E-state index in [4.69, 9.17) is 0 Å². The Hall–Kier alpha value is -1.68. The van der Waals surface area contributed by atoms with Crippen molar-refractivity contribution in [3.8, 4) is 11.1 Å². The van der Waals surface area contributed by atoms with E-state index in [0.29, 0.717) is 12.6 Å². The number of benzene rings is 1. The Kier molecular flexibility index (Phi) is 4.06. The molecular weight excluding hydrogens is 265 g/mol. The van der Waals surface area contributed by atoms with Crippen LogP contribution in [-0.2, 0) is 13.1 Å². The number of aryl methyl sites for hydroxylation is 2. The van der Waals surface area contributed by atoms with E-state index < -0.39 is 0 Å². The molecule has 1 heterocycles. The van der Waals surface area contributed by atoms with Gasteiger partial charge in [-0.2, -0.15) is 5.10 Å². The lowest BCUT2D eigenvalue weighted by Gasteiger charge is -2.07. The van der Waals surface area contributed by atoms with Crippen molar-refractivity contribution in [3.63, 3.8) is 0 Å². The summed E-state index contributed by atoms with van der Waals surface area (Å²) in [6.45, 7) is 5.66. The molecule has 0 radical (unpaired) electrons. The van der Waals surface area contributed by atoms with Gasteiger partial charge < -0.3 is 5.32 Å². The third-order valence-corrected chi connectivity index (χ3v) is 3.91. The topological polar surface area (TPSA) is 29.9 Å². The molecule has 3 nitrogen and oxygen atoms in total. The lowest BCUT2D eigenvalue weighted by atomic mass is 10.0. The first-order valence-electron chi connectivity index (χ1n) is 7.73. The maximum Gasteiger partial charge on any atom is 0.127 e. The molecule has 2 aromatic rings. The molecule has 1 saturated carbocycles. The first-order valence-corrected chi connectivity index (χ1v) is 7.73. The predicted molar refractivity (Wildman–Crippen MR) is 82.5 cm³/mol. The number of hydrogen-bond donors (Lipinski definition) is 1. The third kappa shape index (κ3) is 3.32. The molecule has 4 heteroatoms. The monoisotopic (exact) mass is 287 g/mol. The summed E-state index contributed by atoms with van der Waals surface area (Å²) in [6, 6.07) is 5.94. The van der Waals surface area contributed by atoms with Gasteiger partial charge in [0.05, 0.1) is 5.69 Å². The summed E-state index contributed by atoms with van der Waals surface area (Å²) in [6.07, 6.45) is 5.54. The lowest BCUT2D eigenvalue weighted by Crippen LogP contribution is -2.16. The Morgan fingerprint density at radius 1 is 1.38 bits per heavy atom. The zero-order valence-corrected chi connectivity index (χ0v) is 12.7. The standard InChI is InChI=1S/C17H22FN3/c1-3-8-21-11-16(12(2)20-21)13-4-7-17(18)14(9-13)10-19-15-5-6-15/h4,7,9,11,15,19H,3,5-6,8,10H2,1-2H3. The van der Waals surface area contributed by atoms with Gasteiger partial charge in [-0.3, -0.25) is 4.68 Å². The second-order valence-electron chi connectivity index (χ2n) is 5.85. The maximum atomic E-state index is 13.9. The Morgan fingerprint density at radius 2 is 2.19 bits per heavy atom.